The van der Waals surface area contributed by atoms with E-state index in [1.165, 1.54) is 0 Å². The standard InChI is InChI=1S/C28H27N5O2/c1-21(22-7-3-2-4-8-22)33-25-10-6-5-9-24(25)32(28(33)34)19-16-30-14-17-31(18-15-30)27-23-12-20-35-26(23)11-13-29-27/h2-13,20H,1,14-19H2. The van der Waals surface area contributed by atoms with Gasteiger partial charge in [-0.3, -0.25) is 14.0 Å². The van der Waals surface area contributed by atoms with Gasteiger partial charge in [-0.2, -0.15) is 0 Å². The third-order valence-corrected chi connectivity index (χ3v) is 6.88. The molecular formula is C28H27N5O2. The van der Waals surface area contributed by atoms with Gasteiger partial charge in [0, 0.05) is 45.5 Å². The molecule has 7 heteroatoms. The van der Waals surface area contributed by atoms with Crippen molar-refractivity contribution < 1.29 is 4.42 Å². The topological polar surface area (TPSA) is 59.4 Å². The highest BCUT2D eigenvalue weighted by Crippen LogP contribution is 2.26. The Balaban J connectivity index is 1.19. The maximum Gasteiger partial charge on any atom is 0.333 e. The van der Waals surface area contributed by atoms with E-state index in [4.69, 9.17) is 4.42 Å². The van der Waals surface area contributed by atoms with Gasteiger partial charge in [0.2, 0.25) is 0 Å². The number of rotatable bonds is 6. The summed E-state index contributed by atoms with van der Waals surface area (Å²) in [6.07, 6.45) is 3.52. The average Bonchev–Trinajstić information content (AvgIpc) is 3.50. The molecule has 1 aliphatic rings. The Labute approximate surface area is 203 Å². The lowest BCUT2D eigenvalue weighted by Gasteiger charge is -2.35. The molecule has 3 aromatic heterocycles. The zero-order valence-corrected chi connectivity index (χ0v) is 19.5. The van der Waals surface area contributed by atoms with E-state index in [-0.39, 0.29) is 5.69 Å². The van der Waals surface area contributed by atoms with Gasteiger partial charge in [0.05, 0.1) is 28.4 Å². The van der Waals surface area contributed by atoms with Crippen LogP contribution in [-0.2, 0) is 6.54 Å². The minimum Gasteiger partial charge on any atom is -0.464 e. The fraction of sp³-hybridized carbons (Fsp3) is 0.214. The molecule has 0 bridgehead atoms. The average molecular weight is 466 g/mol. The maximum atomic E-state index is 13.5. The minimum atomic E-state index is -0.0467. The summed E-state index contributed by atoms with van der Waals surface area (Å²) in [5.74, 6) is 0.981. The molecule has 0 radical (unpaired) electrons. The van der Waals surface area contributed by atoms with E-state index in [0.717, 1.165) is 66.1 Å². The second-order valence-electron chi connectivity index (χ2n) is 8.87. The van der Waals surface area contributed by atoms with E-state index in [0.29, 0.717) is 12.2 Å². The molecule has 0 saturated carbocycles. The molecular weight excluding hydrogens is 438 g/mol. The molecule has 1 fully saturated rings. The van der Waals surface area contributed by atoms with Crippen molar-refractivity contribution in [3.8, 4) is 0 Å². The second-order valence-corrected chi connectivity index (χ2v) is 8.87. The molecule has 0 N–H and O–H groups in total. The van der Waals surface area contributed by atoms with Crippen LogP contribution in [0.25, 0.3) is 27.7 Å². The molecule has 2 aromatic carbocycles. The molecule has 5 aromatic rings. The summed E-state index contributed by atoms with van der Waals surface area (Å²) in [5.41, 5.74) is 4.27. The zero-order chi connectivity index (χ0) is 23.8. The van der Waals surface area contributed by atoms with E-state index in [1.807, 2.05) is 71.3 Å². The first-order valence-electron chi connectivity index (χ1n) is 12.0. The normalized spacial score (nSPS) is 14.7. The number of aromatic nitrogens is 3. The summed E-state index contributed by atoms with van der Waals surface area (Å²) < 4.78 is 9.15. The lowest BCUT2D eigenvalue weighted by atomic mass is 10.1. The minimum absolute atomic E-state index is 0.0467. The predicted molar refractivity (Wildman–Crippen MR) is 140 cm³/mol. The van der Waals surface area contributed by atoms with Crippen molar-refractivity contribution in [2.45, 2.75) is 6.54 Å². The summed E-state index contributed by atoms with van der Waals surface area (Å²) in [7, 11) is 0. The molecule has 1 aliphatic heterocycles. The van der Waals surface area contributed by atoms with Crippen LogP contribution in [0, 0.1) is 0 Å². The predicted octanol–water partition coefficient (Wildman–Crippen LogP) is 4.29. The molecule has 7 nitrogen and oxygen atoms in total. The van der Waals surface area contributed by atoms with Crippen LogP contribution >= 0.6 is 0 Å². The largest absolute Gasteiger partial charge is 0.464 e. The van der Waals surface area contributed by atoms with E-state index < -0.39 is 0 Å². The molecule has 6 rings (SSSR count). The fourth-order valence-electron chi connectivity index (χ4n) is 5.00. The van der Waals surface area contributed by atoms with Crippen LogP contribution in [0.4, 0.5) is 5.82 Å². The Morgan fingerprint density at radius 1 is 0.886 bits per heavy atom. The SMILES string of the molecule is C=C(c1ccccc1)n1c(=O)n(CCN2CCN(c3nccc4occc34)CC2)c2ccccc21. The number of anilines is 1. The van der Waals surface area contributed by atoms with Gasteiger partial charge in [-0.15, -0.1) is 0 Å². The van der Waals surface area contributed by atoms with Crippen molar-refractivity contribution in [3.63, 3.8) is 0 Å². The number of piperazine rings is 1. The van der Waals surface area contributed by atoms with Gasteiger partial charge in [0.1, 0.15) is 11.4 Å². The highest BCUT2D eigenvalue weighted by molar-refractivity contribution is 5.88. The number of hydrogen-bond donors (Lipinski definition) is 0. The molecule has 0 unspecified atom stereocenters. The summed E-state index contributed by atoms with van der Waals surface area (Å²) in [5, 5.41) is 1.05. The van der Waals surface area contributed by atoms with Gasteiger partial charge >= 0.3 is 5.69 Å². The van der Waals surface area contributed by atoms with E-state index in [9.17, 15) is 4.79 Å². The molecule has 1 saturated heterocycles. The number of fused-ring (bicyclic) bond motifs is 2. The molecule has 4 heterocycles. The van der Waals surface area contributed by atoms with E-state index in [1.54, 1.807) is 17.0 Å². The van der Waals surface area contributed by atoms with Gasteiger partial charge < -0.3 is 9.32 Å². The first-order valence-corrected chi connectivity index (χ1v) is 12.0. The van der Waals surface area contributed by atoms with Crippen molar-refractivity contribution in [2.24, 2.45) is 0 Å². The third-order valence-electron chi connectivity index (χ3n) is 6.88. The molecule has 35 heavy (non-hydrogen) atoms. The Kier molecular flexibility index (Phi) is 5.47. The van der Waals surface area contributed by atoms with E-state index in [2.05, 4.69) is 21.4 Å². The highest BCUT2D eigenvalue weighted by atomic mass is 16.3. The maximum absolute atomic E-state index is 13.5. The van der Waals surface area contributed by atoms with Crippen molar-refractivity contribution in [3.05, 3.63) is 102 Å². The first-order chi connectivity index (χ1) is 17.2. The van der Waals surface area contributed by atoms with Gasteiger partial charge in [-0.25, -0.2) is 9.78 Å². The van der Waals surface area contributed by atoms with Crippen molar-refractivity contribution in [2.75, 3.05) is 37.6 Å². The van der Waals surface area contributed by atoms with Crippen LogP contribution in [0.2, 0.25) is 0 Å². The number of benzene rings is 2. The summed E-state index contributed by atoms with van der Waals surface area (Å²) in [6, 6.07) is 21.7. The molecule has 0 aliphatic carbocycles. The lowest BCUT2D eigenvalue weighted by Crippen LogP contribution is -2.47. The number of para-hydroxylation sites is 2. The number of hydrogen-bond acceptors (Lipinski definition) is 5. The highest BCUT2D eigenvalue weighted by Gasteiger charge is 2.21. The molecule has 176 valence electrons. The second kappa shape index (κ2) is 8.92. The van der Waals surface area contributed by atoms with Gasteiger partial charge in [-0.1, -0.05) is 49.0 Å². The zero-order valence-electron chi connectivity index (χ0n) is 19.5. The quantitative estimate of drug-likeness (QED) is 0.375. The third kappa shape index (κ3) is 3.84. The van der Waals surface area contributed by atoms with Crippen LogP contribution in [0.15, 0.2) is 95.0 Å². The number of imidazole rings is 1. The first kappa shape index (κ1) is 21.4. The van der Waals surface area contributed by atoms with Gasteiger partial charge in [-0.05, 0) is 29.8 Å². The Morgan fingerprint density at radius 3 is 2.43 bits per heavy atom. The van der Waals surface area contributed by atoms with Gasteiger partial charge in [0.15, 0.2) is 0 Å². The number of nitrogens with zero attached hydrogens (tertiary/aromatic N) is 5. The van der Waals surface area contributed by atoms with Crippen LogP contribution in [0.5, 0.6) is 0 Å². The summed E-state index contributed by atoms with van der Waals surface area (Å²) in [6.45, 7) is 9.29. The summed E-state index contributed by atoms with van der Waals surface area (Å²) >= 11 is 0. The Morgan fingerprint density at radius 2 is 1.63 bits per heavy atom. The van der Waals surface area contributed by atoms with Crippen molar-refractivity contribution in [1.82, 2.24) is 19.0 Å². The lowest BCUT2D eigenvalue weighted by molar-refractivity contribution is 0.248. The van der Waals surface area contributed by atoms with Crippen LogP contribution in [0.3, 0.4) is 0 Å². The van der Waals surface area contributed by atoms with Gasteiger partial charge in [0.25, 0.3) is 0 Å². The fourth-order valence-corrected chi connectivity index (χ4v) is 5.00. The molecule has 0 amide bonds. The molecule has 0 atom stereocenters. The van der Waals surface area contributed by atoms with Crippen LogP contribution in [0.1, 0.15) is 5.56 Å². The monoisotopic (exact) mass is 465 g/mol. The smallest absolute Gasteiger partial charge is 0.333 e. The number of furan rings is 1. The van der Waals surface area contributed by atoms with Crippen LogP contribution < -0.4 is 10.6 Å². The number of pyridine rings is 1. The Bertz CT molecular complexity index is 1550. The molecule has 0 spiro atoms. The van der Waals surface area contributed by atoms with Crippen LogP contribution in [-0.4, -0.2) is 51.7 Å². The van der Waals surface area contributed by atoms with E-state index >= 15 is 0 Å². The van der Waals surface area contributed by atoms with Crippen molar-refractivity contribution >= 4 is 33.5 Å². The Hall–Kier alpha value is -4.10. The summed E-state index contributed by atoms with van der Waals surface area (Å²) in [4.78, 5) is 22.9. The van der Waals surface area contributed by atoms with Crippen molar-refractivity contribution in [1.29, 1.82) is 0 Å².